The Labute approximate surface area is 163 Å². The number of hydrazine groups is 1. The van der Waals surface area contributed by atoms with E-state index in [-0.39, 0.29) is 17.9 Å². The van der Waals surface area contributed by atoms with Crippen molar-refractivity contribution in [3.8, 4) is 0 Å². The second-order valence-corrected chi connectivity index (χ2v) is 8.19. The van der Waals surface area contributed by atoms with Crippen molar-refractivity contribution < 1.29 is 18.0 Å². The van der Waals surface area contributed by atoms with Gasteiger partial charge in [0.05, 0.1) is 0 Å². The van der Waals surface area contributed by atoms with Crippen LogP contribution in [0.5, 0.6) is 0 Å². The summed E-state index contributed by atoms with van der Waals surface area (Å²) in [6.07, 6.45) is -0.435. The normalized spacial score (nSPS) is 18.4. The van der Waals surface area contributed by atoms with Crippen LogP contribution in [0.2, 0.25) is 0 Å². The molecule has 0 saturated carbocycles. The van der Waals surface area contributed by atoms with Crippen molar-refractivity contribution in [2.75, 3.05) is 0 Å². The summed E-state index contributed by atoms with van der Waals surface area (Å²) in [5.74, 6) is -0.389. The molecule has 1 fully saturated rings. The van der Waals surface area contributed by atoms with Gasteiger partial charge in [-0.1, -0.05) is 50.1 Å². The number of nitrogens with zero attached hydrogens (tertiary/aromatic N) is 1. The standard InChI is InChI=1S/C22H27F3N2O/c1-4-5-6-8-15-9-7-10-16-11-12-17(13-18(15)16)20(22(23,24)25)27-21(2,3)14-19(28)26-27/h7,9-13,20H,4-6,8,14H2,1-3H3,(H,26,28)/t20-/m0/s1. The molecule has 28 heavy (non-hydrogen) atoms. The Morgan fingerprint density at radius 3 is 2.54 bits per heavy atom. The Bertz CT molecular complexity index is 860. The molecular formula is C22H27F3N2O. The maximum atomic E-state index is 14.1. The number of fused-ring (bicyclic) bond motifs is 1. The Hall–Kier alpha value is -2.08. The van der Waals surface area contributed by atoms with E-state index in [4.69, 9.17) is 0 Å². The Balaban J connectivity index is 2.06. The second-order valence-electron chi connectivity index (χ2n) is 8.19. The lowest BCUT2D eigenvalue weighted by Crippen LogP contribution is -2.51. The lowest BCUT2D eigenvalue weighted by molar-refractivity contribution is -0.203. The number of hydrogen-bond donors (Lipinski definition) is 1. The van der Waals surface area contributed by atoms with E-state index >= 15 is 0 Å². The highest BCUT2D eigenvalue weighted by molar-refractivity contribution is 5.86. The van der Waals surface area contributed by atoms with Gasteiger partial charge in [-0.3, -0.25) is 10.2 Å². The number of rotatable bonds is 6. The van der Waals surface area contributed by atoms with Crippen LogP contribution in [0.3, 0.4) is 0 Å². The van der Waals surface area contributed by atoms with Gasteiger partial charge < -0.3 is 0 Å². The van der Waals surface area contributed by atoms with Crippen LogP contribution in [-0.2, 0) is 11.2 Å². The van der Waals surface area contributed by atoms with Crippen LogP contribution in [0.15, 0.2) is 36.4 Å². The third-order valence-corrected chi connectivity index (χ3v) is 5.42. The minimum atomic E-state index is -4.51. The molecular weight excluding hydrogens is 365 g/mol. The van der Waals surface area contributed by atoms with Crippen molar-refractivity contribution in [3.05, 3.63) is 47.5 Å². The first-order chi connectivity index (χ1) is 13.1. The molecule has 1 aliphatic heterocycles. The number of amides is 1. The molecule has 2 aromatic carbocycles. The molecule has 152 valence electrons. The van der Waals surface area contributed by atoms with Crippen molar-refractivity contribution in [2.24, 2.45) is 0 Å². The van der Waals surface area contributed by atoms with E-state index in [9.17, 15) is 18.0 Å². The van der Waals surface area contributed by atoms with Gasteiger partial charge in [0.15, 0.2) is 6.04 Å². The van der Waals surface area contributed by atoms with Crippen molar-refractivity contribution in [2.45, 2.75) is 70.6 Å². The van der Waals surface area contributed by atoms with E-state index in [0.29, 0.717) is 0 Å². The van der Waals surface area contributed by atoms with Gasteiger partial charge in [0.1, 0.15) is 0 Å². The van der Waals surface area contributed by atoms with Crippen LogP contribution in [-0.4, -0.2) is 22.6 Å². The first kappa shape index (κ1) is 20.6. The van der Waals surface area contributed by atoms with Gasteiger partial charge in [0, 0.05) is 12.0 Å². The third kappa shape index (κ3) is 4.17. The van der Waals surface area contributed by atoms with Crippen LogP contribution in [0.25, 0.3) is 10.8 Å². The topological polar surface area (TPSA) is 32.3 Å². The van der Waals surface area contributed by atoms with E-state index in [2.05, 4.69) is 12.3 Å². The van der Waals surface area contributed by atoms with Crippen LogP contribution in [0.4, 0.5) is 13.2 Å². The van der Waals surface area contributed by atoms with Crippen molar-refractivity contribution in [1.29, 1.82) is 0 Å². The minimum absolute atomic E-state index is 0.0371. The highest BCUT2D eigenvalue weighted by Crippen LogP contribution is 2.43. The molecule has 3 nitrogen and oxygen atoms in total. The highest BCUT2D eigenvalue weighted by Gasteiger charge is 2.52. The molecule has 0 unspecified atom stereocenters. The fourth-order valence-electron chi connectivity index (χ4n) is 4.01. The molecule has 0 bridgehead atoms. The maximum absolute atomic E-state index is 14.1. The zero-order valence-corrected chi connectivity index (χ0v) is 16.6. The van der Waals surface area contributed by atoms with Gasteiger partial charge in [-0.25, -0.2) is 0 Å². The zero-order valence-electron chi connectivity index (χ0n) is 16.6. The summed E-state index contributed by atoms with van der Waals surface area (Å²) in [4.78, 5) is 11.8. The quantitative estimate of drug-likeness (QED) is 0.641. The zero-order chi connectivity index (χ0) is 20.5. The molecule has 1 saturated heterocycles. The maximum Gasteiger partial charge on any atom is 0.409 e. The van der Waals surface area contributed by atoms with Crippen molar-refractivity contribution >= 4 is 16.7 Å². The number of benzene rings is 2. The number of aryl methyl sites for hydroxylation is 1. The molecule has 3 rings (SSSR count). The fraction of sp³-hybridized carbons (Fsp3) is 0.500. The lowest BCUT2D eigenvalue weighted by Gasteiger charge is -2.38. The Morgan fingerprint density at radius 2 is 1.93 bits per heavy atom. The highest BCUT2D eigenvalue weighted by atomic mass is 19.4. The molecule has 0 spiro atoms. The minimum Gasteiger partial charge on any atom is -0.287 e. The monoisotopic (exact) mass is 392 g/mol. The molecule has 1 N–H and O–H groups in total. The molecule has 6 heteroatoms. The van der Waals surface area contributed by atoms with E-state index in [1.54, 1.807) is 26.0 Å². The fourth-order valence-corrected chi connectivity index (χ4v) is 4.01. The van der Waals surface area contributed by atoms with Crippen LogP contribution in [0, 0.1) is 0 Å². The summed E-state index contributed by atoms with van der Waals surface area (Å²) < 4.78 is 42.3. The number of alkyl halides is 3. The summed E-state index contributed by atoms with van der Waals surface area (Å²) in [6.45, 7) is 5.43. The number of carbonyl (C=O) groups excluding carboxylic acids is 1. The summed E-state index contributed by atoms with van der Waals surface area (Å²) >= 11 is 0. The first-order valence-electron chi connectivity index (χ1n) is 9.80. The average molecular weight is 392 g/mol. The average Bonchev–Trinajstić information content (AvgIpc) is 2.86. The lowest BCUT2D eigenvalue weighted by atomic mass is 9.93. The number of hydrogen-bond acceptors (Lipinski definition) is 2. The second kappa shape index (κ2) is 7.74. The molecule has 1 atom stereocenters. The number of unbranched alkanes of at least 4 members (excludes halogenated alkanes) is 2. The molecule has 1 heterocycles. The largest absolute Gasteiger partial charge is 0.409 e. The third-order valence-electron chi connectivity index (χ3n) is 5.42. The van der Waals surface area contributed by atoms with Gasteiger partial charge in [-0.05, 0) is 54.7 Å². The number of nitrogens with one attached hydrogen (secondary N) is 1. The molecule has 1 aliphatic rings. The van der Waals surface area contributed by atoms with E-state index < -0.39 is 17.8 Å². The van der Waals surface area contributed by atoms with Gasteiger partial charge in [0.25, 0.3) is 0 Å². The smallest absolute Gasteiger partial charge is 0.287 e. The van der Waals surface area contributed by atoms with Gasteiger partial charge >= 0.3 is 6.18 Å². The molecule has 0 radical (unpaired) electrons. The summed E-state index contributed by atoms with van der Waals surface area (Å²) in [5.41, 5.74) is 2.72. The first-order valence-corrected chi connectivity index (χ1v) is 9.80. The van der Waals surface area contributed by atoms with Crippen molar-refractivity contribution in [3.63, 3.8) is 0 Å². The summed E-state index contributed by atoms with van der Waals surface area (Å²) in [7, 11) is 0. The molecule has 0 aliphatic carbocycles. The molecule has 1 amide bonds. The van der Waals surface area contributed by atoms with E-state index in [1.165, 1.54) is 6.07 Å². The summed E-state index contributed by atoms with van der Waals surface area (Å²) in [6, 6.07) is 8.90. The molecule has 2 aromatic rings. The Morgan fingerprint density at radius 1 is 1.18 bits per heavy atom. The summed E-state index contributed by atoms with van der Waals surface area (Å²) in [5, 5.41) is 2.85. The Kier molecular flexibility index (Phi) is 5.71. The van der Waals surface area contributed by atoms with E-state index in [1.807, 2.05) is 18.2 Å². The van der Waals surface area contributed by atoms with Gasteiger partial charge in [0.2, 0.25) is 5.91 Å². The van der Waals surface area contributed by atoms with Crippen LogP contribution in [0.1, 0.15) is 63.6 Å². The molecule has 0 aromatic heterocycles. The van der Waals surface area contributed by atoms with Crippen LogP contribution < -0.4 is 5.43 Å². The van der Waals surface area contributed by atoms with E-state index in [0.717, 1.165) is 47.0 Å². The number of halogens is 3. The predicted molar refractivity (Wildman–Crippen MR) is 105 cm³/mol. The van der Waals surface area contributed by atoms with Gasteiger partial charge in [-0.2, -0.15) is 18.2 Å². The SMILES string of the molecule is CCCCCc1cccc2ccc([C@H](N3NC(=O)CC3(C)C)C(F)(F)F)cc12. The van der Waals surface area contributed by atoms with Gasteiger partial charge in [-0.15, -0.1) is 0 Å². The predicted octanol–water partition coefficient (Wildman–Crippen LogP) is 5.69. The number of carbonyl (C=O) groups is 1. The van der Waals surface area contributed by atoms with Crippen LogP contribution >= 0.6 is 0 Å². The van der Waals surface area contributed by atoms with Crippen molar-refractivity contribution in [1.82, 2.24) is 10.4 Å².